The topological polar surface area (TPSA) is 205 Å². The third kappa shape index (κ3) is 6.51. The molecule has 2 aliphatic heterocycles. The Kier molecular flexibility index (Phi) is 8.59. The van der Waals surface area contributed by atoms with Gasteiger partial charge < -0.3 is 20.9 Å². The Balaban J connectivity index is 0.918. The zero-order chi connectivity index (χ0) is 38.4. The first-order valence-corrected chi connectivity index (χ1v) is 17.2. The molecule has 55 heavy (non-hydrogen) atoms. The van der Waals surface area contributed by atoms with Crippen LogP contribution < -0.4 is 30.7 Å². The van der Waals surface area contributed by atoms with Gasteiger partial charge in [0, 0.05) is 21.9 Å². The SMILES string of the molecule is Nc1ccc(OC(=O)c2ccc3c(c2)C(=O)N(c2ccc(Sc4ccc(N5C(=O)c6ccc(C(=O)Oc7ccc(N)cn7)cc6C5=O)cc4)cc2)C3=O)nc1. The van der Waals surface area contributed by atoms with E-state index in [0.717, 1.165) is 19.6 Å². The van der Waals surface area contributed by atoms with E-state index in [-0.39, 0.29) is 45.1 Å². The second kappa shape index (κ2) is 13.7. The largest absolute Gasteiger partial charge is 0.404 e. The molecule has 2 aliphatic rings. The molecule has 0 bridgehead atoms. The van der Waals surface area contributed by atoms with Crippen LogP contribution in [0.25, 0.3) is 0 Å². The van der Waals surface area contributed by atoms with Crippen LogP contribution in [0.5, 0.6) is 11.8 Å². The van der Waals surface area contributed by atoms with Crippen molar-refractivity contribution < 1.29 is 38.2 Å². The minimum atomic E-state index is -0.751. The summed E-state index contributed by atoms with van der Waals surface area (Å²) < 4.78 is 10.5. The van der Waals surface area contributed by atoms with Gasteiger partial charge in [0.1, 0.15) is 0 Å². The van der Waals surface area contributed by atoms with E-state index in [0.29, 0.717) is 22.7 Å². The lowest BCUT2D eigenvalue weighted by molar-refractivity contribution is 0.0717. The summed E-state index contributed by atoms with van der Waals surface area (Å²) in [5.74, 6) is -3.67. The maximum Gasteiger partial charge on any atom is 0.344 e. The smallest absolute Gasteiger partial charge is 0.344 e. The lowest BCUT2D eigenvalue weighted by Gasteiger charge is -2.15. The van der Waals surface area contributed by atoms with E-state index in [1.807, 2.05) is 0 Å². The molecule has 4 heterocycles. The average Bonchev–Trinajstić information content (AvgIpc) is 3.60. The molecular formula is C40H24N6O8S. The molecule has 2 aromatic heterocycles. The maximum absolute atomic E-state index is 13.4. The summed E-state index contributed by atoms with van der Waals surface area (Å²) in [6, 6.07) is 27.7. The molecule has 0 saturated carbocycles. The van der Waals surface area contributed by atoms with Crippen LogP contribution in [0.3, 0.4) is 0 Å². The number of imide groups is 2. The number of ether oxygens (including phenoxy) is 2. The number of carbonyl (C=O) groups excluding carboxylic acids is 6. The van der Waals surface area contributed by atoms with Crippen molar-refractivity contribution in [3.05, 3.63) is 155 Å². The molecule has 8 rings (SSSR count). The molecule has 0 fully saturated rings. The van der Waals surface area contributed by atoms with Crippen molar-refractivity contribution in [1.82, 2.24) is 9.97 Å². The van der Waals surface area contributed by atoms with Gasteiger partial charge in [-0.25, -0.2) is 29.4 Å². The van der Waals surface area contributed by atoms with Crippen molar-refractivity contribution in [1.29, 1.82) is 0 Å². The molecule has 268 valence electrons. The third-order valence-electron chi connectivity index (χ3n) is 8.58. The fraction of sp³-hybridized carbons (Fsp3) is 0. The monoisotopic (exact) mass is 748 g/mol. The Morgan fingerprint density at radius 3 is 1.24 bits per heavy atom. The summed E-state index contributed by atoms with van der Waals surface area (Å²) >= 11 is 1.38. The van der Waals surface area contributed by atoms with Crippen LogP contribution in [0, 0.1) is 0 Å². The van der Waals surface area contributed by atoms with Crippen LogP contribution in [0.15, 0.2) is 131 Å². The number of benzene rings is 4. The first-order chi connectivity index (χ1) is 26.5. The quantitative estimate of drug-likeness (QED) is 0.139. The molecule has 0 spiro atoms. The lowest BCUT2D eigenvalue weighted by atomic mass is 10.1. The highest BCUT2D eigenvalue weighted by molar-refractivity contribution is 7.99. The van der Waals surface area contributed by atoms with Crippen LogP contribution in [0.2, 0.25) is 0 Å². The van der Waals surface area contributed by atoms with Gasteiger partial charge in [-0.1, -0.05) is 11.8 Å². The normalized spacial score (nSPS) is 13.2. The van der Waals surface area contributed by atoms with Gasteiger partial charge in [-0.3, -0.25) is 19.2 Å². The van der Waals surface area contributed by atoms with Crippen LogP contribution in [0.1, 0.15) is 62.1 Å². The summed E-state index contributed by atoms with van der Waals surface area (Å²) in [5.41, 5.74) is 13.3. The molecule has 0 atom stereocenters. The highest BCUT2D eigenvalue weighted by atomic mass is 32.2. The van der Waals surface area contributed by atoms with Crippen LogP contribution in [-0.2, 0) is 0 Å². The Bertz CT molecular complexity index is 2420. The molecule has 0 saturated heterocycles. The van der Waals surface area contributed by atoms with Crippen molar-refractivity contribution in [2.24, 2.45) is 0 Å². The highest BCUT2D eigenvalue weighted by Gasteiger charge is 2.38. The zero-order valence-electron chi connectivity index (χ0n) is 28.2. The summed E-state index contributed by atoms with van der Waals surface area (Å²) in [5, 5.41) is 0. The average molecular weight is 749 g/mol. The minimum Gasteiger partial charge on any atom is -0.404 e. The summed E-state index contributed by atoms with van der Waals surface area (Å²) in [7, 11) is 0. The minimum absolute atomic E-state index is 0.0334. The Morgan fingerprint density at radius 2 is 0.873 bits per heavy atom. The standard InChI is InChI=1S/C40H24N6O8S/c41-23-3-15-33(43-19-23)53-39(51)21-1-13-29-31(17-21)37(49)45(35(29)47)25-5-9-27(10-6-25)55-28-11-7-26(8-12-28)46-36(48)30-14-2-22(18-32(30)38(46)50)40(52)54-34-16-4-24(42)20-44-34/h1-20H,41-42H2. The second-order valence-corrected chi connectivity index (χ2v) is 13.3. The van der Waals surface area contributed by atoms with Gasteiger partial charge >= 0.3 is 11.9 Å². The van der Waals surface area contributed by atoms with Gasteiger partial charge in [0.05, 0.1) is 68.5 Å². The van der Waals surface area contributed by atoms with Crippen molar-refractivity contribution in [3.8, 4) is 11.8 Å². The third-order valence-corrected chi connectivity index (χ3v) is 9.60. The van der Waals surface area contributed by atoms with E-state index in [2.05, 4.69) is 9.97 Å². The van der Waals surface area contributed by atoms with Gasteiger partial charge in [-0.05, 0) is 97.1 Å². The van der Waals surface area contributed by atoms with E-state index in [9.17, 15) is 28.8 Å². The number of pyridine rings is 2. The summed E-state index contributed by atoms with van der Waals surface area (Å²) in [6.07, 6.45) is 2.68. The van der Waals surface area contributed by atoms with Crippen molar-refractivity contribution in [3.63, 3.8) is 0 Å². The molecule has 4 N–H and O–H groups in total. The van der Waals surface area contributed by atoms with E-state index in [4.69, 9.17) is 20.9 Å². The predicted molar refractivity (Wildman–Crippen MR) is 199 cm³/mol. The number of esters is 2. The van der Waals surface area contributed by atoms with Gasteiger partial charge in [-0.15, -0.1) is 0 Å². The number of carbonyl (C=O) groups is 6. The first kappa shape index (κ1) is 34.4. The van der Waals surface area contributed by atoms with Crippen molar-refractivity contribution >= 4 is 70.1 Å². The number of fused-ring (bicyclic) bond motifs is 2. The number of hydrogen-bond donors (Lipinski definition) is 2. The number of nitrogens with two attached hydrogens (primary N) is 2. The highest BCUT2D eigenvalue weighted by Crippen LogP contribution is 2.35. The van der Waals surface area contributed by atoms with Gasteiger partial charge in [0.25, 0.3) is 23.6 Å². The molecule has 4 amide bonds. The van der Waals surface area contributed by atoms with Crippen LogP contribution in [0.4, 0.5) is 22.7 Å². The molecule has 6 aromatic rings. The lowest BCUT2D eigenvalue weighted by Crippen LogP contribution is -2.29. The number of amides is 4. The van der Waals surface area contributed by atoms with Gasteiger partial charge in [0.15, 0.2) is 0 Å². The maximum atomic E-state index is 13.4. The summed E-state index contributed by atoms with van der Waals surface area (Å²) in [4.78, 5) is 90.2. The Hall–Kier alpha value is -7.65. The molecular weight excluding hydrogens is 725 g/mol. The van der Waals surface area contributed by atoms with Gasteiger partial charge in [-0.2, -0.15) is 0 Å². The molecule has 0 radical (unpaired) electrons. The number of hydrogen-bond acceptors (Lipinski definition) is 13. The summed E-state index contributed by atoms with van der Waals surface area (Å²) in [6.45, 7) is 0. The fourth-order valence-electron chi connectivity index (χ4n) is 5.88. The van der Waals surface area contributed by atoms with Crippen molar-refractivity contribution in [2.75, 3.05) is 21.3 Å². The van der Waals surface area contributed by atoms with E-state index >= 15 is 0 Å². The number of rotatable bonds is 8. The fourth-order valence-corrected chi connectivity index (χ4v) is 6.70. The predicted octanol–water partition coefficient (Wildman–Crippen LogP) is 5.83. The Labute approximate surface area is 315 Å². The molecule has 4 aromatic carbocycles. The number of nitrogen functional groups attached to an aromatic ring is 2. The number of nitrogens with zero attached hydrogens (tertiary/aromatic N) is 4. The molecule has 0 aliphatic carbocycles. The zero-order valence-corrected chi connectivity index (χ0v) is 29.0. The Morgan fingerprint density at radius 1 is 0.491 bits per heavy atom. The number of aromatic nitrogens is 2. The van der Waals surface area contributed by atoms with E-state index in [1.165, 1.54) is 84.8 Å². The first-order valence-electron chi connectivity index (χ1n) is 16.3. The van der Waals surface area contributed by atoms with Crippen LogP contribution >= 0.6 is 11.8 Å². The van der Waals surface area contributed by atoms with E-state index < -0.39 is 35.6 Å². The molecule has 14 nitrogen and oxygen atoms in total. The molecule has 15 heteroatoms. The van der Waals surface area contributed by atoms with Crippen LogP contribution in [-0.4, -0.2) is 45.5 Å². The molecule has 0 unspecified atom stereocenters. The van der Waals surface area contributed by atoms with E-state index in [1.54, 1.807) is 48.5 Å². The van der Waals surface area contributed by atoms with Crippen molar-refractivity contribution in [2.45, 2.75) is 9.79 Å². The van der Waals surface area contributed by atoms with Gasteiger partial charge in [0.2, 0.25) is 11.8 Å². The second-order valence-electron chi connectivity index (χ2n) is 12.1. The number of anilines is 4.